The predicted octanol–water partition coefficient (Wildman–Crippen LogP) is 1.89. The molecule has 0 saturated carbocycles. The monoisotopic (exact) mass is 310 g/mol. The molecule has 2 aromatic rings. The Morgan fingerprint density at radius 2 is 2.09 bits per heavy atom. The van der Waals surface area contributed by atoms with Gasteiger partial charge in [-0.25, -0.2) is 9.78 Å². The van der Waals surface area contributed by atoms with Crippen LogP contribution in [0, 0.1) is 0 Å². The third-order valence-corrected chi connectivity index (χ3v) is 3.47. The van der Waals surface area contributed by atoms with E-state index in [0.717, 1.165) is 11.9 Å². The van der Waals surface area contributed by atoms with E-state index < -0.39 is 11.5 Å². The quantitative estimate of drug-likeness (QED) is 0.844. The van der Waals surface area contributed by atoms with Crippen LogP contribution in [-0.2, 0) is 0 Å². The molecule has 116 valence electrons. The molecule has 1 atom stereocenters. The van der Waals surface area contributed by atoms with Crippen molar-refractivity contribution in [2.45, 2.75) is 13.0 Å². The Kier molecular flexibility index (Phi) is 3.76. The number of nitrogens with zero attached hydrogens (tertiary/aromatic N) is 3. The van der Waals surface area contributed by atoms with Crippen molar-refractivity contribution in [2.24, 2.45) is 5.10 Å². The van der Waals surface area contributed by atoms with E-state index in [4.69, 9.17) is 5.11 Å². The minimum Gasteiger partial charge on any atom is -0.477 e. The molecular formula is C16H14N4O3. The number of anilines is 1. The molecule has 2 heterocycles. The van der Waals surface area contributed by atoms with E-state index in [-0.39, 0.29) is 11.6 Å². The zero-order valence-electron chi connectivity index (χ0n) is 12.3. The molecule has 0 spiro atoms. The molecule has 1 aliphatic heterocycles. The molecule has 0 saturated heterocycles. The van der Waals surface area contributed by atoms with E-state index in [1.807, 2.05) is 30.3 Å². The number of rotatable bonds is 3. The third kappa shape index (κ3) is 2.76. The Morgan fingerprint density at radius 3 is 2.78 bits per heavy atom. The second-order valence-corrected chi connectivity index (χ2v) is 5.05. The highest BCUT2D eigenvalue weighted by Gasteiger charge is 2.23. The summed E-state index contributed by atoms with van der Waals surface area (Å²) in [5.74, 6) is -0.959. The first-order chi connectivity index (χ1) is 11.1. The molecular weight excluding hydrogens is 296 g/mol. The average molecular weight is 310 g/mol. The number of nitrogens with one attached hydrogen (secondary N) is 1. The van der Waals surface area contributed by atoms with Crippen LogP contribution in [0.3, 0.4) is 0 Å². The first-order valence-corrected chi connectivity index (χ1v) is 7.00. The Morgan fingerprint density at radius 1 is 1.35 bits per heavy atom. The van der Waals surface area contributed by atoms with Crippen molar-refractivity contribution in [3.05, 3.63) is 70.4 Å². The molecule has 23 heavy (non-hydrogen) atoms. The lowest BCUT2D eigenvalue weighted by Gasteiger charge is -2.20. The Hall–Kier alpha value is -3.22. The molecule has 1 aromatic heterocycles. The lowest BCUT2D eigenvalue weighted by atomic mass is 10.1. The van der Waals surface area contributed by atoms with Gasteiger partial charge in [-0.3, -0.25) is 14.8 Å². The number of aromatic nitrogens is 2. The molecule has 7 heteroatoms. The molecule has 0 radical (unpaired) electrons. The summed E-state index contributed by atoms with van der Waals surface area (Å²) in [6.07, 6.45) is 4.59. The van der Waals surface area contributed by atoms with Crippen molar-refractivity contribution < 1.29 is 9.90 Å². The van der Waals surface area contributed by atoms with E-state index in [0.29, 0.717) is 11.5 Å². The topological polar surface area (TPSA) is 96.6 Å². The maximum Gasteiger partial charge on any atom is 0.342 e. The third-order valence-electron chi connectivity index (χ3n) is 3.47. The fourth-order valence-electron chi connectivity index (χ4n) is 2.30. The van der Waals surface area contributed by atoms with Gasteiger partial charge < -0.3 is 5.11 Å². The van der Waals surface area contributed by atoms with Crippen molar-refractivity contribution in [1.29, 1.82) is 0 Å². The molecule has 0 fully saturated rings. The summed E-state index contributed by atoms with van der Waals surface area (Å²) in [5, 5.41) is 13.3. The van der Waals surface area contributed by atoms with E-state index >= 15 is 0 Å². The van der Waals surface area contributed by atoms with Crippen LogP contribution in [-0.4, -0.2) is 26.3 Å². The molecule has 1 unspecified atom stereocenters. The molecule has 0 amide bonds. The maximum atomic E-state index is 12.3. The van der Waals surface area contributed by atoms with Crippen LogP contribution in [0.4, 0.5) is 5.69 Å². The average Bonchev–Trinajstić information content (AvgIpc) is 2.55. The Labute approximate surface area is 131 Å². The largest absolute Gasteiger partial charge is 0.477 e. The van der Waals surface area contributed by atoms with Crippen molar-refractivity contribution in [3.63, 3.8) is 0 Å². The number of carboxylic acids is 1. The van der Waals surface area contributed by atoms with Gasteiger partial charge in [-0.05, 0) is 25.1 Å². The van der Waals surface area contributed by atoms with Gasteiger partial charge in [0.25, 0.3) is 5.56 Å². The van der Waals surface area contributed by atoms with E-state index in [2.05, 4.69) is 15.5 Å². The summed E-state index contributed by atoms with van der Waals surface area (Å²) >= 11 is 0. The summed E-state index contributed by atoms with van der Waals surface area (Å²) in [6.45, 7) is 1.79. The number of carboxylic acid groups (broad SMARTS) is 1. The van der Waals surface area contributed by atoms with Gasteiger partial charge in [-0.1, -0.05) is 24.3 Å². The first-order valence-electron chi connectivity index (χ1n) is 7.00. The summed E-state index contributed by atoms with van der Waals surface area (Å²) in [7, 11) is 0. The van der Waals surface area contributed by atoms with Crippen LogP contribution >= 0.6 is 0 Å². The molecule has 3 rings (SSSR count). The fourth-order valence-corrected chi connectivity index (χ4v) is 2.30. The number of fused-ring (bicyclic) bond motifs is 1. The minimum absolute atomic E-state index is 0.292. The molecule has 0 bridgehead atoms. The number of para-hydroxylation sites is 1. The molecule has 7 nitrogen and oxygen atoms in total. The highest BCUT2D eigenvalue weighted by Crippen LogP contribution is 2.16. The zero-order valence-corrected chi connectivity index (χ0v) is 12.3. The van der Waals surface area contributed by atoms with Gasteiger partial charge in [0, 0.05) is 6.20 Å². The van der Waals surface area contributed by atoms with Crippen LogP contribution in [0.25, 0.3) is 0 Å². The lowest BCUT2D eigenvalue weighted by Crippen LogP contribution is -2.35. The summed E-state index contributed by atoms with van der Waals surface area (Å²) in [5.41, 5.74) is 3.20. The van der Waals surface area contributed by atoms with Crippen LogP contribution in [0.2, 0.25) is 0 Å². The minimum atomic E-state index is -1.29. The number of hydrogen-bond donors (Lipinski definition) is 2. The highest BCUT2D eigenvalue weighted by atomic mass is 16.4. The summed E-state index contributed by atoms with van der Waals surface area (Å²) in [6, 6.07) is 9.05. The Bertz CT molecular complexity index is 869. The smallest absolute Gasteiger partial charge is 0.342 e. The number of carbonyl (C=O) groups is 1. The lowest BCUT2D eigenvalue weighted by molar-refractivity contribution is 0.0693. The van der Waals surface area contributed by atoms with Crippen LogP contribution in [0.5, 0.6) is 0 Å². The van der Waals surface area contributed by atoms with Crippen LogP contribution < -0.4 is 11.0 Å². The highest BCUT2D eigenvalue weighted by molar-refractivity contribution is 6.07. The number of hydrazone groups is 1. The van der Waals surface area contributed by atoms with Crippen LogP contribution in [0.15, 0.2) is 58.6 Å². The van der Waals surface area contributed by atoms with Gasteiger partial charge in [-0.2, -0.15) is 5.10 Å². The van der Waals surface area contributed by atoms with Crippen molar-refractivity contribution in [1.82, 2.24) is 9.55 Å². The number of aromatic carboxylic acids is 1. The second-order valence-electron chi connectivity index (χ2n) is 5.05. The van der Waals surface area contributed by atoms with Gasteiger partial charge in [0.15, 0.2) is 5.82 Å². The molecule has 1 aliphatic rings. The normalized spacial score (nSPS) is 17.8. The first kappa shape index (κ1) is 14.7. The molecule has 0 aliphatic carbocycles. The predicted molar refractivity (Wildman–Crippen MR) is 85.9 cm³/mol. The SMILES string of the molecule is CC1C=CC(=NNc2ccccc2)c2ncc(C(=O)O)c(=O)n21. The van der Waals surface area contributed by atoms with Crippen molar-refractivity contribution in [2.75, 3.05) is 5.43 Å². The zero-order chi connectivity index (χ0) is 16.4. The van der Waals surface area contributed by atoms with Crippen molar-refractivity contribution >= 4 is 17.4 Å². The fraction of sp³-hybridized carbons (Fsp3) is 0.125. The van der Waals surface area contributed by atoms with Gasteiger partial charge in [-0.15, -0.1) is 0 Å². The maximum absolute atomic E-state index is 12.3. The van der Waals surface area contributed by atoms with E-state index in [9.17, 15) is 9.59 Å². The Balaban J connectivity index is 2.04. The van der Waals surface area contributed by atoms with Gasteiger partial charge in [0.1, 0.15) is 11.3 Å². The number of benzene rings is 1. The standard InChI is InChI=1S/C16H14N4O3/c1-10-7-8-13(19-18-11-5-3-2-4-6-11)14-17-9-12(16(22)23)15(21)20(10)14/h2-10,18H,1H3,(H,22,23). The van der Waals surface area contributed by atoms with Gasteiger partial charge >= 0.3 is 5.97 Å². The van der Waals surface area contributed by atoms with Crippen molar-refractivity contribution in [3.8, 4) is 0 Å². The van der Waals surface area contributed by atoms with Gasteiger partial charge in [0.05, 0.1) is 11.7 Å². The van der Waals surface area contributed by atoms with E-state index in [1.165, 1.54) is 4.57 Å². The summed E-state index contributed by atoms with van der Waals surface area (Å²) in [4.78, 5) is 27.5. The number of hydrogen-bond acceptors (Lipinski definition) is 5. The molecule has 2 N–H and O–H groups in total. The van der Waals surface area contributed by atoms with Gasteiger partial charge in [0.2, 0.25) is 0 Å². The van der Waals surface area contributed by atoms with E-state index in [1.54, 1.807) is 19.1 Å². The number of allylic oxidation sites excluding steroid dienone is 2. The summed E-state index contributed by atoms with van der Waals surface area (Å²) < 4.78 is 1.33. The van der Waals surface area contributed by atoms with Crippen LogP contribution in [0.1, 0.15) is 29.1 Å². The second kappa shape index (κ2) is 5.88. The molecule has 1 aromatic carbocycles.